The summed E-state index contributed by atoms with van der Waals surface area (Å²) in [6.45, 7) is 1.74. The van der Waals surface area contributed by atoms with E-state index >= 15 is 0 Å². The average Bonchev–Trinajstić information content (AvgIpc) is 3.32. The molecule has 4 aromatic rings. The summed E-state index contributed by atoms with van der Waals surface area (Å²) in [4.78, 5) is 21.1. The second kappa shape index (κ2) is 6.67. The molecule has 0 atom stereocenters. The van der Waals surface area contributed by atoms with Crippen molar-refractivity contribution in [1.82, 2.24) is 35.2 Å². The van der Waals surface area contributed by atoms with Crippen LogP contribution in [0.3, 0.4) is 0 Å². The molecule has 0 bridgehead atoms. The Kier molecular flexibility index (Phi) is 4.06. The number of rotatable bonds is 5. The van der Waals surface area contributed by atoms with Crippen LogP contribution in [-0.2, 0) is 6.42 Å². The van der Waals surface area contributed by atoms with Crippen LogP contribution in [0.4, 0.5) is 0 Å². The van der Waals surface area contributed by atoms with Gasteiger partial charge in [0.05, 0.1) is 24.7 Å². The predicted octanol–water partition coefficient (Wildman–Crippen LogP) is 1.88. The highest BCUT2D eigenvalue weighted by Gasteiger charge is 2.12. The number of hydrogen-bond acceptors (Lipinski definition) is 10. The Morgan fingerprint density at radius 2 is 1.58 bits per heavy atom. The Balaban J connectivity index is 1.48. The van der Waals surface area contributed by atoms with Crippen LogP contribution in [0.2, 0.25) is 0 Å². The molecule has 4 aromatic heterocycles. The quantitative estimate of drug-likeness (QED) is 0.526. The van der Waals surface area contributed by atoms with Gasteiger partial charge in [0, 0.05) is 24.7 Å². The third-order valence-electron chi connectivity index (χ3n) is 3.46. The van der Waals surface area contributed by atoms with Gasteiger partial charge in [-0.3, -0.25) is 0 Å². The number of pyridine rings is 1. The summed E-state index contributed by atoms with van der Waals surface area (Å²) in [6.07, 6.45) is 5.16. The zero-order chi connectivity index (χ0) is 17.9. The van der Waals surface area contributed by atoms with Gasteiger partial charge in [-0.15, -0.1) is 0 Å². The molecule has 10 heteroatoms. The van der Waals surface area contributed by atoms with E-state index in [1.807, 2.05) is 0 Å². The van der Waals surface area contributed by atoms with Gasteiger partial charge in [-0.05, 0) is 13.0 Å². The third kappa shape index (κ3) is 3.24. The smallest absolute Gasteiger partial charge is 0.261 e. The number of nitrogens with zero attached hydrogens (tertiary/aromatic N) is 7. The number of ether oxygens (including phenoxy) is 1. The molecule has 0 aliphatic heterocycles. The maximum Gasteiger partial charge on any atom is 0.261 e. The van der Waals surface area contributed by atoms with Gasteiger partial charge in [0.2, 0.25) is 5.88 Å². The van der Waals surface area contributed by atoms with E-state index in [0.717, 1.165) is 0 Å². The molecule has 4 rings (SSSR count). The van der Waals surface area contributed by atoms with Crippen LogP contribution >= 0.6 is 0 Å². The van der Waals surface area contributed by atoms with Crippen LogP contribution in [0.5, 0.6) is 5.88 Å². The highest BCUT2D eigenvalue weighted by atomic mass is 16.5. The lowest BCUT2D eigenvalue weighted by Gasteiger charge is -1.98. The van der Waals surface area contributed by atoms with E-state index in [1.165, 1.54) is 0 Å². The van der Waals surface area contributed by atoms with Crippen LogP contribution in [0.25, 0.3) is 22.9 Å². The van der Waals surface area contributed by atoms with E-state index < -0.39 is 0 Å². The van der Waals surface area contributed by atoms with Gasteiger partial charge in [0.1, 0.15) is 5.82 Å². The molecule has 0 aliphatic rings. The van der Waals surface area contributed by atoms with Gasteiger partial charge in [-0.25, -0.2) is 15.0 Å². The average molecular weight is 351 g/mol. The Labute approximate surface area is 147 Å². The number of hydrogen-bond donors (Lipinski definition) is 0. The molecule has 10 nitrogen and oxygen atoms in total. The van der Waals surface area contributed by atoms with Crippen molar-refractivity contribution in [3.8, 4) is 28.8 Å². The highest BCUT2D eigenvalue weighted by Crippen LogP contribution is 2.19. The van der Waals surface area contributed by atoms with Gasteiger partial charge in [0.15, 0.2) is 11.6 Å². The number of aryl methyl sites for hydroxylation is 1. The lowest BCUT2D eigenvalue weighted by Crippen LogP contribution is -1.98. The molecular formula is C16H13N7O3. The Bertz CT molecular complexity index is 1010. The minimum absolute atomic E-state index is 0.330. The van der Waals surface area contributed by atoms with E-state index in [2.05, 4.69) is 35.2 Å². The molecule has 0 N–H and O–H groups in total. The van der Waals surface area contributed by atoms with Crippen molar-refractivity contribution in [2.45, 2.75) is 13.3 Å². The van der Waals surface area contributed by atoms with Crippen LogP contribution in [-0.4, -0.2) is 42.3 Å². The van der Waals surface area contributed by atoms with Crippen LogP contribution in [0.15, 0.2) is 39.8 Å². The SMILES string of the molecule is COc1ccc(-c2nc(Cc3ncc(-c4nc(C)no4)cn3)no2)cn1. The van der Waals surface area contributed by atoms with Crippen molar-refractivity contribution >= 4 is 0 Å². The summed E-state index contributed by atoms with van der Waals surface area (Å²) in [5.74, 6) is 2.83. The van der Waals surface area contributed by atoms with Gasteiger partial charge in [-0.1, -0.05) is 10.3 Å². The normalized spacial score (nSPS) is 10.8. The maximum absolute atomic E-state index is 5.26. The highest BCUT2D eigenvalue weighted by molar-refractivity contribution is 5.51. The molecule has 0 saturated carbocycles. The van der Waals surface area contributed by atoms with Gasteiger partial charge in [0.25, 0.3) is 11.8 Å². The molecule has 0 unspecified atom stereocenters. The molecule has 0 amide bonds. The summed E-state index contributed by atoms with van der Waals surface area (Å²) in [7, 11) is 1.55. The molecule has 26 heavy (non-hydrogen) atoms. The first-order valence-electron chi connectivity index (χ1n) is 7.66. The molecule has 4 heterocycles. The van der Waals surface area contributed by atoms with Crippen LogP contribution in [0, 0.1) is 6.92 Å². The van der Waals surface area contributed by atoms with Gasteiger partial charge in [-0.2, -0.15) is 9.97 Å². The Hall–Kier alpha value is -3.69. The topological polar surface area (TPSA) is 126 Å². The Morgan fingerprint density at radius 1 is 0.846 bits per heavy atom. The fourth-order valence-corrected chi connectivity index (χ4v) is 2.18. The predicted molar refractivity (Wildman–Crippen MR) is 86.9 cm³/mol. The fraction of sp³-hybridized carbons (Fsp3) is 0.188. The molecule has 0 aromatic carbocycles. The summed E-state index contributed by atoms with van der Waals surface area (Å²) in [5.41, 5.74) is 1.35. The van der Waals surface area contributed by atoms with Crippen molar-refractivity contribution in [2.24, 2.45) is 0 Å². The van der Waals surface area contributed by atoms with E-state index in [0.29, 0.717) is 52.7 Å². The minimum Gasteiger partial charge on any atom is -0.481 e. The van der Waals surface area contributed by atoms with E-state index in [9.17, 15) is 0 Å². The molecule has 0 fully saturated rings. The van der Waals surface area contributed by atoms with Crippen molar-refractivity contribution in [1.29, 1.82) is 0 Å². The maximum atomic E-state index is 5.26. The van der Waals surface area contributed by atoms with Crippen molar-refractivity contribution in [2.75, 3.05) is 7.11 Å². The first kappa shape index (κ1) is 15.8. The number of methoxy groups -OCH3 is 1. The number of aromatic nitrogens is 7. The lowest BCUT2D eigenvalue weighted by atomic mass is 10.3. The van der Waals surface area contributed by atoms with E-state index in [4.69, 9.17) is 13.8 Å². The standard InChI is InChI=1S/C16H13N7O3/c1-9-20-16(25-22-9)11-7-17-12(18-8-11)5-13-21-15(26-23-13)10-3-4-14(24-2)19-6-10/h3-4,6-8H,5H2,1-2H3. The third-order valence-corrected chi connectivity index (χ3v) is 3.46. The summed E-state index contributed by atoms with van der Waals surface area (Å²) >= 11 is 0. The second-order valence-electron chi connectivity index (χ2n) is 5.32. The van der Waals surface area contributed by atoms with E-state index in [1.54, 1.807) is 44.8 Å². The molecule has 0 radical (unpaired) electrons. The second-order valence-corrected chi connectivity index (χ2v) is 5.32. The monoisotopic (exact) mass is 351 g/mol. The largest absolute Gasteiger partial charge is 0.481 e. The minimum atomic E-state index is 0.330. The van der Waals surface area contributed by atoms with Crippen LogP contribution < -0.4 is 4.74 Å². The van der Waals surface area contributed by atoms with Crippen LogP contribution in [0.1, 0.15) is 17.5 Å². The molecule has 0 spiro atoms. The van der Waals surface area contributed by atoms with E-state index in [-0.39, 0.29) is 0 Å². The zero-order valence-corrected chi connectivity index (χ0v) is 13.9. The zero-order valence-electron chi connectivity index (χ0n) is 13.9. The molecule has 0 aliphatic carbocycles. The van der Waals surface area contributed by atoms with Crippen molar-refractivity contribution < 1.29 is 13.8 Å². The molecular weight excluding hydrogens is 338 g/mol. The fourth-order valence-electron chi connectivity index (χ4n) is 2.18. The molecule has 130 valence electrons. The van der Waals surface area contributed by atoms with Gasteiger partial charge >= 0.3 is 0 Å². The molecule has 0 saturated heterocycles. The Morgan fingerprint density at radius 3 is 2.23 bits per heavy atom. The van der Waals surface area contributed by atoms with Gasteiger partial charge < -0.3 is 13.8 Å². The van der Waals surface area contributed by atoms with Crippen molar-refractivity contribution in [3.05, 3.63) is 48.2 Å². The van der Waals surface area contributed by atoms with Crippen molar-refractivity contribution in [3.63, 3.8) is 0 Å². The first-order valence-corrected chi connectivity index (χ1v) is 7.66. The first-order chi connectivity index (χ1) is 12.7. The lowest BCUT2D eigenvalue weighted by molar-refractivity contribution is 0.397. The summed E-state index contributed by atoms with van der Waals surface area (Å²) in [6, 6.07) is 3.51. The summed E-state index contributed by atoms with van der Waals surface area (Å²) < 4.78 is 15.4. The summed E-state index contributed by atoms with van der Waals surface area (Å²) in [5, 5.41) is 7.69.